The molecular weight excluding hydrogens is 312 g/mol. The van der Waals surface area contributed by atoms with Crippen molar-refractivity contribution < 1.29 is 13.2 Å². The zero-order valence-electron chi connectivity index (χ0n) is 12.2. The third-order valence-corrected chi connectivity index (χ3v) is 6.29. The zero-order valence-corrected chi connectivity index (χ0v) is 13.9. The van der Waals surface area contributed by atoms with E-state index in [0.717, 1.165) is 19.3 Å². The quantitative estimate of drug-likeness (QED) is 0.759. The Balaban J connectivity index is 0.00000220. The predicted molar refractivity (Wildman–Crippen MR) is 86.1 cm³/mol. The smallest absolute Gasteiger partial charge is 0.226 e. The summed E-state index contributed by atoms with van der Waals surface area (Å²) in [7, 11) is -2.99. The maximum Gasteiger partial charge on any atom is 0.226 e. The molecule has 1 saturated heterocycles. The number of hydrogen-bond acceptors (Lipinski definition) is 4. The fourth-order valence-corrected chi connectivity index (χ4v) is 5.17. The van der Waals surface area contributed by atoms with Crippen LogP contribution in [0.25, 0.3) is 0 Å². The van der Waals surface area contributed by atoms with Crippen molar-refractivity contribution in [2.45, 2.75) is 31.7 Å². The highest BCUT2D eigenvalue weighted by Gasteiger charge is 2.39. The van der Waals surface area contributed by atoms with E-state index in [1.165, 1.54) is 0 Å². The summed E-state index contributed by atoms with van der Waals surface area (Å²) in [5.74, 6) is 0.548. The summed E-state index contributed by atoms with van der Waals surface area (Å²) < 4.78 is 23.3. The maximum absolute atomic E-state index is 12.7. The number of rotatable bonds is 5. The fraction of sp³-hybridized carbons (Fsp3) is 0.786. The van der Waals surface area contributed by atoms with Crippen molar-refractivity contribution in [1.29, 1.82) is 0 Å². The maximum atomic E-state index is 12.7. The molecule has 1 amide bonds. The molecule has 2 aliphatic rings. The van der Waals surface area contributed by atoms with Crippen LogP contribution < -0.4 is 5.73 Å². The Bertz CT molecular complexity index is 481. The van der Waals surface area contributed by atoms with E-state index < -0.39 is 9.84 Å². The molecular formula is C14H25ClN2O3S. The van der Waals surface area contributed by atoms with Crippen LogP contribution in [0.1, 0.15) is 25.7 Å². The standard InChI is InChI=1S/C14H24N2O3S.ClH/c1-2-7-16(12-6-8-20(18,19)10-12)14(17)13-5-3-4-11(13)9-15;/h2,11-13H,1,3-10,15H2;1H/t11-,12?,13-;/m1./s1. The predicted octanol–water partition coefficient (Wildman–Crippen LogP) is 0.985. The Labute approximate surface area is 133 Å². The van der Waals surface area contributed by atoms with Crippen LogP contribution in [0.3, 0.4) is 0 Å². The Hall–Kier alpha value is -0.590. The van der Waals surface area contributed by atoms with E-state index in [4.69, 9.17) is 5.73 Å². The average molecular weight is 337 g/mol. The van der Waals surface area contributed by atoms with Crippen LogP contribution in [0, 0.1) is 11.8 Å². The summed E-state index contributed by atoms with van der Waals surface area (Å²) in [6.07, 6.45) is 5.12. The lowest BCUT2D eigenvalue weighted by Gasteiger charge is -2.31. The highest BCUT2D eigenvalue weighted by atomic mass is 35.5. The van der Waals surface area contributed by atoms with E-state index in [0.29, 0.717) is 19.5 Å². The summed E-state index contributed by atoms with van der Waals surface area (Å²) in [5, 5.41) is 0. The first-order valence-corrected chi connectivity index (χ1v) is 9.12. The second-order valence-corrected chi connectivity index (χ2v) is 8.10. The van der Waals surface area contributed by atoms with Gasteiger partial charge in [-0.15, -0.1) is 19.0 Å². The van der Waals surface area contributed by atoms with Gasteiger partial charge in [0.25, 0.3) is 0 Å². The number of carbonyl (C=O) groups is 1. The average Bonchev–Trinajstić information content (AvgIpc) is 3.01. The Kier molecular flexibility index (Phi) is 6.69. The van der Waals surface area contributed by atoms with Crippen molar-refractivity contribution in [1.82, 2.24) is 4.90 Å². The number of hydrogen-bond donors (Lipinski definition) is 1. The minimum atomic E-state index is -2.99. The molecule has 0 bridgehead atoms. The number of carbonyl (C=O) groups excluding carboxylic acids is 1. The fourth-order valence-electron chi connectivity index (χ4n) is 3.44. The van der Waals surface area contributed by atoms with Crippen molar-refractivity contribution >= 4 is 28.2 Å². The SMILES string of the molecule is C=CCN(C(=O)[C@@H]1CCC[C@@H]1CN)C1CCS(=O)(=O)C1.Cl. The third kappa shape index (κ3) is 4.20. The molecule has 1 heterocycles. The Morgan fingerprint density at radius 3 is 2.57 bits per heavy atom. The Morgan fingerprint density at radius 2 is 2.05 bits per heavy atom. The second kappa shape index (κ2) is 7.61. The molecule has 122 valence electrons. The number of amides is 1. The minimum absolute atomic E-state index is 0. The molecule has 0 aromatic carbocycles. The molecule has 1 aliphatic heterocycles. The molecule has 1 saturated carbocycles. The van der Waals surface area contributed by atoms with Crippen molar-refractivity contribution in [3.05, 3.63) is 12.7 Å². The van der Waals surface area contributed by atoms with Crippen molar-refractivity contribution in [2.75, 3.05) is 24.6 Å². The molecule has 0 radical (unpaired) electrons. The van der Waals surface area contributed by atoms with E-state index in [1.807, 2.05) is 0 Å². The van der Waals surface area contributed by atoms with Crippen molar-refractivity contribution in [3.63, 3.8) is 0 Å². The Morgan fingerprint density at radius 1 is 1.33 bits per heavy atom. The summed E-state index contributed by atoms with van der Waals surface area (Å²) in [6.45, 7) is 4.64. The molecule has 2 fully saturated rings. The van der Waals surface area contributed by atoms with E-state index in [2.05, 4.69) is 6.58 Å². The van der Waals surface area contributed by atoms with E-state index >= 15 is 0 Å². The minimum Gasteiger partial charge on any atom is -0.335 e. The van der Waals surface area contributed by atoms with Gasteiger partial charge in [0.1, 0.15) is 0 Å². The van der Waals surface area contributed by atoms with Crippen LogP contribution in [0.15, 0.2) is 12.7 Å². The molecule has 1 unspecified atom stereocenters. The first kappa shape index (κ1) is 18.5. The van der Waals surface area contributed by atoms with Crippen LogP contribution >= 0.6 is 12.4 Å². The van der Waals surface area contributed by atoms with Crippen LogP contribution in [-0.2, 0) is 14.6 Å². The topological polar surface area (TPSA) is 80.5 Å². The summed E-state index contributed by atoms with van der Waals surface area (Å²) >= 11 is 0. The number of sulfone groups is 1. The van der Waals surface area contributed by atoms with Gasteiger partial charge < -0.3 is 10.6 Å². The van der Waals surface area contributed by atoms with Gasteiger partial charge in [0, 0.05) is 18.5 Å². The normalized spacial score (nSPS) is 30.6. The van der Waals surface area contributed by atoms with Crippen LogP contribution in [-0.4, -0.2) is 49.9 Å². The lowest BCUT2D eigenvalue weighted by molar-refractivity contribution is -0.137. The zero-order chi connectivity index (χ0) is 14.8. The summed E-state index contributed by atoms with van der Waals surface area (Å²) in [6, 6.07) is -0.190. The van der Waals surface area contributed by atoms with Gasteiger partial charge >= 0.3 is 0 Å². The first-order valence-electron chi connectivity index (χ1n) is 7.30. The molecule has 21 heavy (non-hydrogen) atoms. The van der Waals surface area contributed by atoms with E-state index in [-0.39, 0.29) is 47.7 Å². The largest absolute Gasteiger partial charge is 0.335 e. The highest BCUT2D eigenvalue weighted by molar-refractivity contribution is 7.91. The molecule has 2 N–H and O–H groups in total. The van der Waals surface area contributed by atoms with Crippen molar-refractivity contribution in [3.8, 4) is 0 Å². The molecule has 5 nitrogen and oxygen atoms in total. The van der Waals surface area contributed by atoms with Gasteiger partial charge in [-0.05, 0) is 31.7 Å². The number of halogens is 1. The van der Waals surface area contributed by atoms with Gasteiger partial charge in [-0.3, -0.25) is 4.79 Å². The molecule has 2 rings (SSSR count). The molecule has 3 atom stereocenters. The van der Waals surface area contributed by atoms with Crippen LogP contribution in [0.4, 0.5) is 0 Å². The van der Waals surface area contributed by atoms with Gasteiger partial charge in [-0.2, -0.15) is 0 Å². The molecule has 0 aromatic rings. The first-order chi connectivity index (χ1) is 9.48. The third-order valence-electron chi connectivity index (χ3n) is 4.54. The summed E-state index contributed by atoms with van der Waals surface area (Å²) in [5.41, 5.74) is 5.75. The highest BCUT2D eigenvalue weighted by Crippen LogP contribution is 2.33. The van der Waals surface area contributed by atoms with Gasteiger partial charge in [0.05, 0.1) is 11.5 Å². The lowest BCUT2D eigenvalue weighted by Crippen LogP contribution is -2.45. The van der Waals surface area contributed by atoms with Gasteiger partial charge in [-0.1, -0.05) is 12.5 Å². The summed E-state index contributed by atoms with van der Waals surface area (Å²) in [4.78, 5) is 14.4. The van der Waals surface area contributed by atoms with Crippen LogP contribution in [0.2, 0.25) is 0 Å². The van der Waals surface area contributed by atoms with Crippen LogP contribution in [0.5, 0.6) is 0 Å². The van der Waals surface area contributed by atoms with E-state index in [9.17, 15) is 13.2 Å². The molecule has 7 heteroatoms. The van der Waals surface area contributed by atoms with Gasteiger partial charge in [0.2, 0.25) is 5.91 Å². The second-order valence-electron chi connectivity index (χ2n) is 5.87. The monoisotopic (exact) mass is 336 g/mol. The molecule has 0 aromatic heterocycles. The molecule has 0 spiro atoms. The number of nitrogens with two attached hydrogens (primary N) is 1. The lowest BCUT2D eigenvalue weighted by atomic mass is 9.94. The number of nitrogens with zero attached hydrogens (tertiary/aromatic N) is 1. The van der Waals surface area contributed by atoms with Gasteiger partial charge in [0.15, 0.2) is 9.84 Å². The van der Waals surface area contributed by atoms with E-state index in [1.54, 1.807) is 11.0 Å². The van der Waals surface area contributed by atoms with Gasteiger partial charge in [-0.25, -0.2) is 8.42 Å². The molecule has 1 aliphatic carbocycles. The van der Waals surface area contributed by atoms with Crippen molar-refractivity contribution in [2.24, 2.45) is 17.6 Å².